The van der Waals surface area contributed by atoms with Crippen molar-refractivity contribution in [1.29, 1.82) is 0 Å². The van der Waals surface area contributed by atoms with Crippen LogP contribution in [-0.2, 0) is 14.3 Å². The largest absolute Gasteiger partial charge is 0.457 e. The second kappa shape index (κ2) is 9.10. The van der Waals surface area contributed by atoms with Crippen LogP contribution < -0.4 is 5.32 Å². The molecule has 0 aromatic heterocycles. The van der Waals surface area contributed by atoms with Crippen LogP contribution in [0.5, 0.6) is 0 Å². The normalized spacial score (nSPS) is 11.3. The lowest BCUT2D eigenvalue weighted by Gasteiger charge is -2.07. The summed E-state index contributed by atoms with van der Waals surface area (Å²) in [7, 11) is 0. The third kappa shape index (κ3) is 5.93. The van der Waals surface area contributed by atoms with Gasteiger partial charge < -0.3 is 10.1 Å². The lowest BCUT2D eigenvalue weighted by Crippen LogP contribution is -2.26. The molecule has 0 saturated carbocycles. The van der Waals surface area contributed by atoms with Gasteiger partial charge >= 0.3 is 5.97 Å². The van der Waals surface area contributed by atoms with Crippen LogP contribution in [0.25, 0.3) is 12.2 Å². The smallest absolute Gasteiger partial charge is 0.355 e. The first-order valence-electron chi connectivity index (χ1n) is 7.58. The maximum Gasteiger partial charge on any atom is 0.355 e. The van der Waals surface area contributed by atoms with E-state index in [9.17, 15) is 9.59 Å². The van der Waals surface area contributed by atoms with Gasteiger partial charge in [0.05, 0.1) is 0 Å². The monoisotopic (exact) mass is 321 g/mol. The van der Waals surface area contributed by atoms with Gasteiger partial charge in [0.2, 0.25) is 5.91 Å². The molecule has 4 heteroatoms. The van der Waals surface area contributed by atoms with Gasteiger partial charge in [-0.1, -0.05) is 66.7 Å². The van der Waals surface area contributed by atoms with Crippen LogP contribution in [0.15, 0.2) is 72.4 Å². The van der Waals surface area contributed by atoms with E-state index in [2.05, 4.69) is 5.32 Å². The van der Waals surface area contributed by atoms with Gasteiger partial charge in [0, 0.05) is 6.92 Å². The van der Waals surface area contributed by atoms with Gasteiger partial charge in [-0.25, -0.2) is 4.79 Å². The highest BCUT2D eigenvalue weighted by Gasteiger charge is 2.12. The molecule has 0 spiro atoms. The van der Waals surface area contributed by atoms with Gasteiger partial charge in [0.15, 0.2) is 0 Å². The zero-order valence-corrected chi connectivity index (χ0v) is 13.4. The average Bonchev–Trinajstić information content (AvgIpc) is 2.59. The highest BCUT2D eigenvalue weighted by molar-refractivity contribution is 5.97. The summed E-state index contributed by atoms with van der Waals surface area (Å²) >= 11 is 0. The van der Waals surface area contributed by atoms with Crippen molar-refractivity contribution in [3.05, 3.63) is 83.6 Å². The molecular weight excluding hydrogens is 302 g/mol. The van der Waals surface area contributed by atoms with E-state index >= 15 is 0 Å². The summed E-state index contributed by atoms with van der Waals surface area (Å²) in [4.78, 5) is 23.4. The minimum atomic E-state index is -0.577. The number of esters is 1. The Morgan fingerprint density at radius 1 is 0.958 bits per heavy atom. The molecule has 0 aliphatic rings. The van der Waals surface area contributed by atoms with E-state index in [1.54, 1.807) is 12.2 Å². The summed E-state index contributed by atoms with van der Waals surface area (Å²) in [5, 5.41) is 2.51. The van der Waals surface area contributed by atoms with Crippen LogP contribution in [0.1, 0.15) is 18.1 Å². The lowest BCUT2D eigenvalue weighted by molar-refractivity contribution is -0.139. The van der Waals surface area contributed by atoms with Gasteiger partial charge in [-0.3, -0.25) is 4.79 Å². The van der Waals surface area contributed by atoms with Crippen molar-refractivity contribution in [2.24, 2.45) is 0 Å². The molecule has 0 atom stereocenters. The highest BCUT2D eigenvalue weighted by atomic mass is 16.5. The molecule has 0 fully saturated rings. The fourth-order valence-electron chi connectivity index (χ4n) is 2.00. The minimum Gasteiger partial charge on any atom is -0.457 e. The Balaban J connectivity index is 1.99. The van der Waals surface area contributed by atoms with Crippen molar-refractivity contribution in [2.75, 3.05) is 6.61 Å². The number of benzene rings is 2. The molecule has 2 rings (SSSR count). The zero-order chi connectivity index (χ0) is 17.2. The van der Waals surface area contributed by atoms with E-state index < -0.39 is 5.97 Å². The number of carbonyl (C=O) groups excluding carboxylic acids is 2. The number of amides is 1. The third-order valence-electron chi connectivity index (χ3n) is 3.06. The Labute approximate surface area is 141 Å². The van der Waals surface area contributed by atoms with Gasteiger partial charge in [-0.2, -0.15) is 0 Å². The quantitative estimate of drug-likeness (QED) is 0.655. The van der Waals surface area contributed by atoms with E-state index in [4.69, 9.17) is 4.74 Å². The Kier molecular flexibility index (Phi) is 6.53. The molecule has 0 aliphatic carbocycles. The average molecular weight is 321 g/mol. The summed E-state index contributed by atoms with van der Waals surface area (Å²) in [5.74, 6) is -0.902. The van der Waals surface area contributed by atoms with Crippen LogP contribution >= 0.6 is 0 Å². The topological polar surface area (TPSA) is 55.4 Å². The Bertz CT molecular complexity index is 734. The fourth-order valence-corrected chi connectivity index (χ4v) is 2.00. The van der Waals surface area contributed by atoms with E-state index in [1.807, 2.05) is 66.7 Å². The second-order valence-electron chi connectivity index (χ2n) is 5.06. The van der Waals surface area contributed by atoms with Crippen LogP contribution in [0.4, 0.5) is 0 Å². The van der Waals surface area contributed by atoms with Crippen LogP contribution in [-0.4, -0.2) is 18.5 Å². The maximum atomic E-state index is 12.2. The summed E-state index contributed by atoms with van der Waals surface area (Å²) in [6.07, 6.45) is 5.21. The van der Waals surface area contributed by atoms with Gasteiger partial charge in [-0.15, -0.1) is 0 Å². The number of ether oxygens (including phenoxy) is 1. The molecule has 1 N–H and O–H groups in total. The number of carbonyl (C=O) groups is 2. The molecule has 0 saturated heterocycles. The van der Waals surface area contributed by atoms with Crippen molar-refractivity contribution < 1.29 is 14.3 Å². The van der Waals surface area contributed by atoms with E-state index in [1.165, 1.54) is 6.92 Å². The molecule has 4 nitrogen and oxygen atoms in total. The summed E-state index contributed by atoms with van der Waals surface area (Å²) < 4.78 is 5.19. The molecule has 0 heterocycles. The summed E-state index contributed by atoms with van der Waals surface area (Å²) in [6, 6.07) is 19.0. The minimum absolute atomic E-state index is 0.113. The molecule has 1 amide bonds. The molecule has 2 aromatic carbocycles. The molecule has 0 bridgehead atoms. The maximum absolute atomic E-state index is 12.2. The van der Waals surface area contributed by atoms with Crippen molar-refractivity contribution in [3.63, 3.8) is 0 Å². The van der Waals surface area contributed by atoms with Crippen molar-refractivity contribution in [2.45, 2.75) is 6.92 Å². The summed E-state index contributed by atoms with van der Waals surface area (Å²) in [6.45, 7) is 1.47. The van der Waals surface area contributed by atoms with Gasteiger partial charge in [0.1, 0.15) is 12.3 Å². The number of hydrogen-bond donors (Lipinski definition) is 1. The van der Waals surface area contributed by atoms with E-state index in [-0.39, 0.29) is 18.2 Å². The third-order valence-corrected chi connectivity index (χ3v) is 3.06. The molecule has 0 radical (unpaired) electrons. The number of rotatable bonds is 6. The number of hydrogen-bond acceptors (Lipinski definition) is 3. The Morgan fingerprint density at radius 3 is 2.12 bits per heavy atom. The standard InChI is InChI=1S/C20H19NO3/c1-16(22)21-19(15-18-11-6-3-7-12-18)20(23)24-14-8-13-17-9-4-2-5-10-17/h2-13,15H,14H2,1H3,(H,21,22)/b13-8-,19-15+. The van der Waals surface area contributed by atoms with Crippen molar-refractivity contribution in [3.8, 4) is 0 Å². The predicted octanol–water partition coefficient (Wildman–Crippen LogP) is 3.42. The highest BCUT2D eigenvalue weighted by Crippen LogP contribution is 2.07. The van der Waals surface area contributed by atoms with E-state index in [0.717, 1.165) is 11.1 Å². The molecule has 122 valence electrons. The van der Waals surface area contributed by atoms with Crippen LogP contribution in [0.3, 0.4) is 0 Å². The van der Waals surface area contributed by atoms with Crippen molar-refractivity contribution >= 4 is 24.0 Å². The fraction of sp³-hybridized carbons (Fsp3) is 0.100. The first kappa shape index (κ1) is 17.2. The molecular formula is C20H19NO3. The molecule has 0 aliphatic heterocycles. The zero-order valence-electron chi connectivity index (χ0n) is 13.4. The second-order valence-corrected chi connectivity index (χ2v) is 5.06. The van der Waals surface area contributed by atoms with Gasteiger partial charge in [-0.05, 0) is 23.3 Å². The molecule has 24 heavy (non-hydrogen) atoms. The molecule has 2 aromatic rings. The lowest BCUT2D eigenvalue weighted by atomic mass is 10.2. The SMILES string of the molecule is CC(=O)N/C(=C/c1ccccc1)C(=O)OC/C=C\c1ccccc1. The predicted molar refractivity (Wildman–Crippen MR) is 94.7 cm³/mol. The molecule has 0 unspecified atom stereocenters. The van der Waals surface area contributed by atoms with E-state index in [0.29, 0.717) is 0 Å². The number of nitrogens with one attached hydrogen (secondary N) is 1. The Morgan fingerprint density at radius 2 is 1.54 bits per heavy atom. The first-order chi connectivity index (χ1) is 11.6. The van der Waals surface area contributed by atoms with Crippen LogP contribution in [0.2, 0.25) is 0 Å². The van der Waals surface area contributed by atoms with Crippen molar-refractivity contribution in [1.82, 2.24) is 5.32 Å². The van der Waals surface area contributed by atoms with Crippen LogP contribution in [0, 0.1) is 0 Å². The summed E-state index contributed by atoms with van der Waals surface area (Å²) in [5.41, 5.74) is 1.94. The Hall–Kier alpha value is -3.14. The van der Waals surface area contributed by atoms with Gasteiger partial charge in [0.25, 0.3) is 0 Å². The first-order valence-corrected chi connectivity index (χ1v) is 7.58.